The van der Waals surface area contributed by atoms with E-state index in [0.29, 0.717) is 30.1 Å². The van der Waals surface area contributed by atoms with Crippen LogP contribution >= 0.6 is 0 Å². The third kappa shape index (κ3) is 5.54. The van der Waals surface area contributed by atoms with E-state index in [4.69, 9.17) is 9.47 Å². The van der Waals surface area contributed by atoms with Gasteiger partial charge in [-0.15, -0.1) is 0 Å². The quantitative estimate of drug-likeness (QED) is 0.568. The lowest BCUT2D eigenvalue weighted by Gasteiger charge is -2.29. The Balaban J connectivity index is 1.31. The maximum absolute atomic E-state index is 14.3. The first-order valence-electron chi connectivity index (χ1n) is 11.2. The molecular weight excluding hydrogens is 397 g/mol. The maximum atomic E-state index is 14.3. The minimum absolute atomic E-state index is 0.0380. The van der Waals surface area contributed by atoms with Crippen molar-refractivity contribution in [3.05, 3.63) is 53.5 Å². The van der Waals surface area contributed by atoms with E-state index in [2.05, 4.69) is 4.98 Å². The van der Waals surface area contributed by atoms with Crippen LogP contribution in [0.25, 0.3) is 0 Å². The van der Waals surface area contributed by atoms with Crippen molar-refractivity contribution < 1.29 is 23.8 Å². The van der Waals surface area contributed by atoms with Crippen LogP contribution in [0.3, 0.4) is 0 Å². The number of nitrogens with zero attached hydrogens (tertiary/aromatic N) is 1. The molecule has 2 aromatic rings. The second-order valence-corrected chi connectivity index (χ2v) is 8.89. The first-order chi connectivity index (χ1) is 15.0. The summed E-state index contributed by atoms with van der Waals surface area (Å²) in [5.41, 5.74) is 1.75. The van der Waals surface area contributed by atoms with Crippen molar-refractivity contribution >= 4 is 5.97 Å². The molecule has 0 radical (unpaired) electrons. The van der Waals surface area contributed by atoms with E-state index in [1.807, 2.05) is 18.2 Å². The number of methoxy groups -OCH3 is 1. The molecule has 1 aromatic heterocycles. The van der Waals surface area contributed by atoms with Crippen LogP contribution in [-0.2, 0) is 4.79 Å². The molecular formula is C25H30FNO4. The molecule has 2 saturated carbocycles. The van der Waals surface area contributed by atoms with Crippen LogP contribution in [-0.4, -0.2) is 29.8 Å². The number of carbonyl (C=O) groups is 1. The summed E-state index contributed by atoms with van der Waals surface area (Å²) in [7, 11) is 1.60. The summed E-state index contributed by atoms with van der Waals surface area (Å²) in [4.78, 5) is 15.6. The van der Waals surface area contributed by atoms with Gasteiger partial charge in [-0.25, -0.2) is 9.37 Å². The van der Waals surface area contributed by atoms with Gasteiger partial charge in [-0.3, -0.25) is 4.79 Å². The molecule has 6 heteroatoms. The first kappa shape index (κ1) is 21.6. The number of aromatic nitrogens is 1. The average Bonchev–Trinajstić information content (AvgIpc) is 3.62. The zero-order chi connectivity index (χ0) is 21.8. The van der Waals surface area contributed by atoms with Crippen molar-refractivity contribution in [2.45, 2.75) is 56.8 Å². The molecule has 2 aliphatic rings. The van der Waals surface area contributed by atoms with Gasteiger partial charge in [-0.1, -0.05) is 0 Å². The Labute approximate surface area is 182 Å². The Bertz CT molecular complexity index is 906. The molecule has 0 amide bonds. The summed E-state index contributed by atoms with van der Waals surface area (Å²) in [6, 6.07) is 8.78. The van der Waals surface area contributed by atoms with Crippen LogP contribution in [0.1, 0.15) is 67.9 Å². The van der Waals surface area contributed by atoms with Crippen molar-refractivity contribution in [2.24, 2.45) is 11.8 Å². The summed E-state index contributed by atoms with van der Waals surface area (Å²) in [5.74, 6) is 1.45. The van der Waals surface area contributed by atoms with Gasteiger partial charge in [-0.2, -0.15) is 0 Å². The predicted molar refractivity (Wildman–Crippen MR) is 115 cm³/mol. The van der Waals surface area contributed by atoms with Gasteiger partial charge in [0.1, 0.15) is 11.6 Å². The van der Waals surface area contributed by atoms with Gasteiger partial charge in [0.15, 0.2) is 0 Å². The van der Waals surface area contributed by atoms with Crippen molar-refractivity contribution in [1.29, 1.82) is 0 Å². The van der Waals surface area contributed by atoms with Gasteiger partial charge in [0.05, 0.1) is 20.1 Å². The number of carboxylic acid groups (broad SMARTS) is 1. The average molecular weight is 428 g/mol. The zero-order valence-electron chi connectivity index (χ0n) is 17.9. The van der Waals surface area contributed by atoms with Crippen LogP contribution in [0.2, 0.25) is 0 Å². The minimum Gasteiger partial charge on any atom is -0.497 e. The Kier molecular flexibility index (Phi) is 6.73. The van der Waals surface area contributed by atoms with Gasteiger partial charge in [-0.05, 0) is 97.6 Å². The number of aliphatic carboxylic acids is 1. The van der Waals surface area contributed by atoms with Crippen molar-refractivity contribution in [1.82, 2.24) is 4.98 Å². The Hall–Kier alpha value is -2.63. The SMILES string of the molecule is COc1ccc(F)c([C@H]2CC[C@H](COc3cc([C@H](CC(=O)O)C4CC4)ccn3)CC2)c1. The lowest BCUT2D eigenvalue weighted by Crippen LogP contribution is -2.20. The number of hydrogen-bond acceptors (Lipinski definition) is 4. The lowest BCUT2D eigenvalue weighted by molar-refractivity contribution is -0.137. The fourth-order valence-electron chi connectivity index (χ4n) is 4.78. The molecule has 2 aliphatic carbocycles. The molecule has 31 heavy (non-hydrogen) atoms. The molecule has 1 N–H and O–H groups in total. The smallest absolute Gasteiger partial charge is 0.303 e. The monoisotopic (exact) mass is 427 g/mol. The molecule has 0 spiro atoms. The highest BCUT2D eigenvalue weighted by Gasteiger charge is 2.34. The molecule has 4 rings (SSSR count). The van der Waals surface area contributed by atoms with Crippen molar-refractivity contribution in [3.8, 4) is 11.6 Å². The Morgan fingerprint density at radius 2 is 1.94 bits per heavy atom. The van der Waals surface area contributed by atoms with E-state index in [1.165, 1.54) is 6.07 Å². The van der Waals surface area contributed by atoms with Gasteiger partial charge in [0, 0.05) is 12.3 Å². The van der Waals surface area contributed by atoms with Crippen molar-refractivity contribution in [2.75, 3.05) is 13.7 Å². The molecule has 5 nitrogen and oxygen atoms in total. The van der Waals surface area contributed by atoms with E-state index in [9.17, 15) is 14.3 Å². The van der Waals surface area contributed by atoms with E-state index in [-0.39, 0.29) is 24.1 Å². The van der Waals surface area contributed by atoms with E-state index >= 15 is 0 Å². The van der Waals surface area contributed by atoms with E-state index in [1.54, 1.807) is 19.4 Å². The molecule has 0 bridgehead atoms. The molecule has 1 heterocycles. The third-order valence-corrected chi connectivity index (χ3v) is 6.73. The number of carboxylic acids is 1. The van der Waals surface area contributed by atoms with Crippen LogP contribution in [0.5, 0.6) is 11.6 Å². The van der Waals surface area contributed by atoms with Gasteiger partial charge >= 0.3 is 5.97 Å². The standard InChI is InChI=1S/C25H30FNO4/c1-30-20-8-9-23(26)22(13-20)18-4-2-16(3-5-18)15-31-24-12-19(10-11-27-24)21(14-25(28)29)17-6-7-17/h8-13,16-18,21H,2-7,14-15H2,1H3,(H,28,29)/t16-,18-,21-/m1/s1. The van der Waals surface area contributed by atoms with Crippen LogP contribution in [0, 0.1) is 17.7 Å². The molecule has 166 valence electrons. The Morgan fingerprint density at radius 1 is 1.16 bits per heavy atom. The summed E-state index contributed by atoms with van der Waals surface area (Å²) < 4.78 is 25.5. The molecule has 0 saturated heterocycles. The number of halogens is 1. The highest BCUT2D eigenvalue weighted by molar-refractivity contribution is 5.68. The summed E-state index contributed by atoms with van der Waals surface area (Å²) in [6.07, 6.45) is 7.85. The fraction of sp³-hybridized carbons (Fsp3) is 0.520. The lowest BCUT2D eigenvalue weighted by atomic mass is 9.79. The molecule has 0 aliphatic heterocycles. The highest BCUT2D eigenvalue weighted by Crippen LogP contribution is 2.45. The normalized spacial score (nSPS) is 22.0. The minimum atomic E-state index is -0.764. The van der Waals surface area contributed by atoms with E-state index in [0.717, 1.165) is 49.7 Å². The number of hydrogen-bond donors (Lipinski definition) is 1. The number of benzene rings is 1. The van der Waals surface area contributed by atoms with Crippen LogP contribution < -0.4 is 9.47 Å². The van der Waals surface area contributed by atoms with Crippen molar-refractivity contribution in [3.63, 3.8) is 0 Å². The maximum Gasteiger partial charge on any atom is 0.303 e. The van der Waals surface area contributed by atoms with Crippen LogP contribution in [0.4, 0.5) is 4.39 Å². The molecule has 2 fully saturated rings. The van der Waals surface area contributed by atoms with E-state index < -0.39 is 5.97 Å². The zero-order valence-corrected chi connectivity index (χ0v) is 17.9. The predicted octanol–water partition coefficient (Wildman–Crippen LogP) is 5.55. The summed E-state index contributed by atoms with van der Waals surface area (Å²) >= 11 is 0. The number of pyridine rings is 1. The van der Waals surface area contributed by atoms with Crippen LogP contribution in [0.15, 0.2) is 36.5 Å². The fourth-order valence-corrected chi connectivity index (χ4v) is 4.78. The van der Waals surface area contributed by atoms with Gasteiger partial charge < -0.3 is 14.6 Å². The largest absolute Gasteiger partial charge is 0.497 e. The summed E-state index contributed by atoms with van der Waals surface area (Å²) in [5, 5.41) is 9.24. The first-order valence-corrected chi connectivity index (χ1v) is 11.2. The second kappa shape index (κ2) is 9.67. The second-order valence-electron chi connectivity index (χ2n) is 8.89. The third-order valence-electron chi connectivity index (χ3n) is 6.73. The molecule has 1 aromatic carbocycles. The number of ether oxygens (including phenoxy) is 2. The topological polar surface area (TPSA) is 68.7 Å². The number of rotatable bonds is 9. The van der Waals surface area contributed by atoms with Gasteiger partial charge in [0.25, 0.3) is 0 Å². The molecule has 1 atom stereocenters. The summed E-state index contributed by atoms with van der Waals surface area (Å²) in [6.45, 7) is 0.580. The Morgan fingerprint density at radius 3 is 2.61 bits per heavy atom. The molecule has 0 unspecified atom stereocenters. The highest BCUT2D eigenvalue weighted by atomic mass is 19.1. The van der Waals surface area contributed by atoms with Gasteiger partial charge in [0.2, 0.25) is 5.88 Å².